The molecule has 0 aliphatic heterocycles. The van der Waals surface area contributed by atoms with Gasteiger partial charge in [-0.1, -0.05) is 75.2 Å². The van der Waals surface area contributed by atoms with Gasteiger partial charge in [0, 0.05) is 5.33 Å². The molecule has 0 unspecified atom stereocenters. The van der Waals surface area contributed by atoms with Gasteiger partial charge in [-0.3, -0.25) is 9.79 Å². The van der Waals surface area contributed by atoms with Gasteiger partial charge in [0.2, 0.25) is 0 Å². The van der Waals surface area contributed by atoms with E-state index in [1.807, 2.05) is 0 Å². The summed E-state index contributed by atoms with van der Waals surface area (Å²) < 4.78 is 83.7. The Kier molecular flexibility index (Phi) is 20.6. The molecule has 230 valence electrons. The number of halogens is 7. The van der Waals surface area contributed by atoms with Crippen LogP contribution in [0.15, 0.2) is 29.3 Å². The molecule has 0 saturated heterocycles. The average Bonchev–Trinajstić information content (AvgIpc) is 2.77. The highest BCUT2D eigenvalue weighted by molar-refractivity contribution is 9.09. The third kappa shape index (κ3) is 19.8. The molecule has 0 aromatic carbocycles. The lowest BCUT2D eigenvalue weighted by Gasteiger charge is -2.35. The summed E-state index contributed by atoms with van der Waals surface area (Å²) in [6, 6.07) is -1.10. The molecule has 0 radical (unpaired) electrons. The average molecular weight is 641 g/mol. The maximum atomic E-state index is 13.2. The molecular formula is C27H44BrF6NO4. The second-order valence-electron chi connectivity index (χ2n) is 10.2. The van der Waals surface area contributed by atoms with Crippen molar-refractivity contribution in [3.8, 4) is 0 Å². The van der Waals surface area contributed by atoms with Crippen LogP contribution in [0.2, 0.25) is 0 Å². The van der Waals surface area contributed by atoms with E-state index in [4.69, 9.17) is 0 Å². The minimum Gasteiger partial charge on any atom is -0.469 e. The van der Waals surface area contributed by atoms with Gasteiger partial charge in [-0.2, -0.15) is 26.3 Å². The Balaban J connectivity index is -0.000000566. The van der Waals surface area contributed by atoms with Crippen molar-refractivity contribution in [1.82, 2.24) is 0 Å². The molecule has 0 aliphatic rings. The first-order valence-corrected chi connectivity index (χ1v) is 13.3. The number of aliphatic imine (C=N–C) groups is 1. The number of hydrogen-bond acceptors (Lipinski definition) is 5. The van der Waals surface area contributed by atoms with Crippen LogP contribution in [0.5, 0.6) is 0 Å². The van der Waals surface area contributed by atoms with Crippen molar-refractivity contribution in [2.45, 2.75) is 80.2 Å². The summed E-state index contributed by atoms with van der Waals surface area (Å²) >= 11 is 3.27. The highest BCUT2D eigenvalue weighted by Crippen LogP contribution is 2.45. The molecule has 39 heavy (non-hydrogen) atoms. The predicted molar refractivity (Wildman–Crippen MR) is 147 cm³/mol. The molecule has 0 aromatic rings. The molecule has 0 aliphatic carbocycles. The fraction of sp³-hybridized carbons (Fsp3) is 0.741. The van der Waals surface area contributed by atoms with Crippen LogP contribution in [0.3, 0.4) is 0 Å². The van der Waals surface area contributed by atoms with Crippen molar-refractivity contribution in [2.75, 3.05) is 19.5 Å². The molecule has 0 bridgehead atoms. The van der Waals surface area contributed by atoms with Crippen LogP contribution in [0.1, 0.15) is 61.8 Å². The zero-order valence-corrected chi connectivity index (χ0v) is 26.1. The van der Waals surface area contributed by atoms with Crippen LogP contribution in [0.25, 0.3) is 0 Å². The number of esters is 2. The Bertz CT molecular complexity index is 786. The third-order valence-electron chi connectivity index (χ3n) is 5.56. The van der Waals surface area contributed by atoms with Gasteiger partial charge in [-0.25, -0.2) is 4.79 Å². The van der Waals surface area contributed by atoms with Gasteiger partial charge in [0.05, 0.1) is 26.1 Å². The largest absolute Gasteiger partial charge is 0.469 e. The van der Waals surface area contributed by atoms with Crippen LogP contribution in [0.4, 0.5) is 26.3 Å². The number of rotatable bonds is 10. The smallest absolute Gasteiger partial charge is 0.426 e. The first-order valence-electron chi connectivity index (χ1n) is 12.2. The summed E-state index contributed by atoms with van der Waals surface area (Å²) in [5.41, 5.74) is 0.242. The fourth-order valence-electron chi connectivity index (χ4n) is 2.99. The molecule has 0 spiro atoms. The van der Waals surface area contributed by atoms with Gasteiger partial charge in [-0.15, -0.1) is 6.58 Å². The van der Waals surface area contributed by atoms with E-state index in [1.54, 1.807) is 27.7 Å². The van der Waals surface area contributed by atoms with Crippen molar-refractivity contribution in [1.29, 1.82) is 0 Å². The highest BCUT2D eigenvalue weighted by atomic mass is 79.9. The van der Waals surface area contributed by atoms with Crippen molar-refractivity contribution < 1.29 is 45.4 Å². The lowest BCUT2D eigenvalue weighted by Crippen LogP contribution is -2.39. The second-order valence-corrected chi connectivity index (χ2v) is 10.8. The first kappa shape index (κ1) is 41.6. The number of alkyl halides is 7. The van der Waals surface area contributed by atoms with Gasteiger partial charge in [0.25, 0.3) is 0 Å². The number of nitrogens with zero attached hydrogens (tertiary/aromatic N) is 1. The monoisotopic (exact) mass is 639 g/mol. The second kappa shape index (κ2) is 19.3. The summed E-state index contributed by atoms with van der Waals surface area (Å²) in [6.07, 6.45) is -5.93. The normalized spacial score (nSPS) is 14.3. The van der Waals surface area contributed by atoms with Gasteiger partial charge in [0.15, 0.2) is 0 Å². The SMILES string of the molecule is C=CC(C)(C)[C@H](C[C@H](C(=O)OC)C(C)C)C(F)(F)F.CC(C)=CCBr.COC(=O)[C@@H](N=CC(F)(F)F)C(C)C. The molecular weight excluding hydrogens is 596 g/mol. The number of hydrogen-bond donors (Lipinski definition) is 0. The quantitative estimate of drug-likeness (QED) is 0.0792. The van der Waals surface area contributed by atoms with E-state index in [9.17, 15) is 35.9 Å². The van der Waals surface area contributed by atoms with Gasteiger partial charge in [-0.05, 0) is 37.5 Å². The molecule has 5 nitrogen and oxygen atoms in total. The van der Waals surface area contributed by atoms with Gasteiger partial charge in [0.1, 0.15) is 12.3 Å². The first-order chi connectivity index (χ1) is 17.5. The Hall–Kier alpha value is -1.85. The maximum Gasteiger partial charge on any atom is 0.426 e. The van der Waals surface area contributed by atoms with E-state index in [2.05, 4.69) is 56.9 Å². The van der Waals surface area contributed by atoms with E-state index in [0.29, 0.717) is 0 Å². The zero-order chi connectivity index (χ0) is 31.8. The zero-order valence-electron chi connectivity index (χ0n) is 24.5. The van der Waals surface area contributed by atoms with Crippen LogP contribution < -0.4 is 0 Å². The highest BCUT2D eigenvalue weighted by Gasteiger charge is 2.49. The minimum absolute atomic E-state index is 0.186. The number of carbonyl (C=O) groups excluding carboxylic acids is 2. The predicted octanol–water partition coefficient (Wildman–Crippen LogP) is 8.38. The number of methoxy groups -OCH3 is 2. The van der Waals surface area contributed by atoms with Crippen molar-refractivity contribution in [3.05, 3.63) is 24.3 Å². The lowest BCUT2D eigenvalue weighted by atomic mass is 9.72. The van der Waals surface area contributed by atoms with Crippen LogP contribution in [-0.2, 0) is 19.1 Å². The van der Waals surface area contributed by atoms with Crippen LogP contribution in [-0.4, -0.2) is 56.1 Å². The fourth-order valence-corrected chi connectivity index (χ4v) is 3.64. The molecule has 3 atom stereocenters. The van der Waals surface area contributed by atoms with E-state index in [1.165, 1.54) is 32.6 Å². The molecule has 0 N–H and O–H groups in total. The lowest BCUT2D eigenvalue weighted by molar-refractivity contribution is -0.203. The topological polar surface area (TPSA) is 65.0 Å². The van der Waals surface area contributed by atoms with E-state index in [0.717, 1.165) is 12.4 Å². The summed E-state index contributed by atoms with van der Waals surface area (Å²) in [6.45, 7) is 17.2. The number of ether oxygens (including phenoxy) is 2. The Morgan fingerprint density at radius 2 is 1.38 bits per heavy atom. The number of carbonyl (C=O) groups is 2. The maximum absolute atomic E-state index is 13.2. The standard InChI is InChI=1S/C14H23F3O2.C8H12F3NO2.C5H9Br/c1-7-13(4,5)11(14(15,16)17)8-10(9(2)3)12(18)19-6;1-5(2)6(7(13)14-3)12-4-8(9,10)11;1-5(2)3-4-6/h7,9-11H,1,8H2,2-6H3;4-6H,1-3H3;3H,4H2,1-2H3/t10-,11-;6-;/m00./s1. The number of allylic oxidation sites excluding steroid dienone is 3. The molecule has 0 aromatic heterocycles. The minimum atomic E-state index is -4.50. The van der Waals surface area contributed by atoms with E-state index in [-0.39, 0.29) is 24.5 Å². The van der Waals surface area contributed by atoms with Gasteiger partial charge < -0.3 is 9.47 Å². The molecule has 0 fully saturated rings. The molecule has 12 heteroatoms. The third-order valence-corrected chi connectivity index (χ3v) is 5.88. The molecule has 0 rings (SSSR count). The molecule has 0 amide bonds. The van der Waals surface area contributed by atoms with Crippen LogP contribution >= 0.6 is 15.9 Å². The molecule has 0 heterocycles. The van der Waals surface area contributed by atoms with Crippen LogP contribution in [0, 0.1) is 29.1 Å². The molecule has 0 saturated carbocycles. The summed E-state index contributed by atoms with van der Waals surface area (Å²) in [5, 5.41) is 0.981. The van der Waals surface area contributed by atoms with E-state index < -0.39 is 47.6 Å². The van der Waals surface area contributed by atoms with Crippen molar-refractivity contribution >= 4 is 34.1 Å². The van der Waals surface area contributed by atoms with E-state index >= 15 is 0 Å². The van der Waals surface area contributed by atoms with Crippen molar-refractivity contribution in [2.24, 2.45) is 34.1 Å². The Morgan fingerprint density at radius 1 is 0.923 bits per heavy atom. The Morgan fingerprint density at radius 3 is 1.62 bits per heavy atom. The Labute approximate surface area is 237 Å². The van der Waals surface area contributed by atoms with Crippen molar-refractivity contribution in [3.63, 3.8) is 0 Å². The van der Waals surface area contributed by atoms with Gasteiger partial charge >= 0.3 is 24.3 Å². The summed E-state index contributed by atoms with van der Waals surface area (Å²) in [7, 11) is 2.31. The summed E-state index contributed by atoms with van der Waals surface area (Å²) in [5.74, 6) is -4.29. The summed E-state index contributed by atoms with van der Waals surface area (Å²) in [4.78, 5) is 25.7.